The Morgan fingerprint density at radius 2 is 1.79 bits per heavy atom. The van der Waals surface area contributed by atoms with Gasteiger partial charge in [0.05, 0.1) is 18.7 Å². The van der Waals surface area contributed by atoms with E-state index < -0.39 is 0 Å². The molecule has 0 saturated carbocycles. The van der Waals surface area contributed by atoms with Gasteiger partial charge >= 0.3 is 0 Å². The van der Waals surface area contributed by atoms with Crippen LogP contribution in [0.1, 0.15) is 11.1 Å². The molecule has 4 aromatic rings. The monoisotopic (exact) mass is 521 g/mol. The molecule has 0 spiro atoms. The highest BCUT2D eigenvalue weighted by Crippen LogP contribution is 2.38. The first-order chi connectivity index (χ1) is 16.0. The van der Waals surface area contributed by atoms with Gasteiger partial charge in [-0.25, -0.2) is 9.77 Å². The summed E-state index contributed by atoms with van der Waals surface area (Å²) < 4.78 is 13.5. The van der Waals surface area contributed by atoms with Gasteiger partial charge in [-0.05, 0) is 54.2 Å². The molecule has 0 unspecified atom stereocenters. The number of hydrogen-bond acceptors (Lipinski definition) is 6. The maximum Gasteiger partial charge on any atom is 0.214 e. The molecule has 2 aromatic heterocycles. The zero-order valence-electron chi connectivity index (χ0n) is 17.3. The number of hydrogen-bond donors (Lipinski definition) is 2. The topological polar surface area (TPSA) is 77.0 Å². The van der Waals surface area contributed by atoms with Crippen LogP contribution in [0, 0.1) is 4.77 Å². The van der Waals surface area contributed by atoms with E-state index in [0.29, 0.717) is 49.3 Å². The average Bonchev–Trinajstić information content (AvgIpc) is 3.18. The molecule has 2 N–H and O–H groups in total. The molecule has 0 atom stereocenters. The Hall–Kier alpha value is -2.78. The molecule has 0 saturated heterocycles. The van der Waals surface area contributed by atoms with Crippen LogP contribution in [0.25, 0.3) is 11.4 Å². The summed E-state index contributed by atoms with van der Waals surface area (Å²) in [6, 6.07) is 12.6. The number of benzene rings is 2. The summed E-state index contributed by atoms with van der Waals surface area (Å²) in [4.78, 5) is 4.03. The van der Waals surface area contributed by atoms with Crippen LogP contribution in [-0.4, -0.2) is 27.0 Å². The van der Waals surface area contributed by atoms with Crippen LogP contribution in [0.4, 0.5) is 0 Å². The highest BCUT2D eigenvalue weighted by molar-refractivity contribution is 7.71. The van der Waals surface area contributed by atoms with Gasteiger partial charge in [0, 0.05) is 33.6 Å². The average molecular weight is 523 g/mol. The molecule has 2 aromatic carbocycles. The molecule has 33 heavy (non-hydrogen) atoms. The van der Waals surface area contributed by atoms with E-state index in [1.165, 1.54) is 0 Å². The molecule has 0 aliphatic carbocycles. The van der Waals surface area contributed by atoms with E-state index in [2.05, 4.69) is 20.6 Å². The normalized spacial score (nSPS) is 10.8. The first-order valence-electron chi connectivity index (χ1n) is 9.71. The molecular weight excluding hydrogens is 505 g/mol. The molecule has 7 nitrogen and oxygen atoms in total. The smallest absolute Gasteiger partial charge is 0.214 e. The van der Waals surface area contributed by atoms with Crippen LogP contribution in [0.5, 0.6) is 11.5 Å². The maximum absolute atomic E-state index is 6.53. The number of nitrogens with one attached hydrogen (secondary N) is 2. The Morgan fingerprint density at radius 1 is 1.06 bits per heavy atom. The predicted molar refractivity (Wildman–Crippen MR) is 133 cm³/mol. The molecule has 0 aliphatic heterocycles. The number of nitrogens with zero attached hydrogens (tertiary/aromatic N) is 3. The third-order valence-corrected chi connectivity index (χ3v) is 6.03. The van der Waals surface area contributed by atoms with Gasteiger partial charge in [-0.15, -0.1) is 0 Å². The van der Waals surface area contributed by atoms with Crippen molar-refractivity contribution < 1.29 is 9.47 Å². The number of aromatic amines is 1. The Balaban J connectivity index is 1.53. The van der Waals surface area contributed by atoms with Gasteiger partial charge in [0.15, 0.2) is 17.3 Å². The van der Waals surface area contributed by atoms with E-state index in [-0.39, 0.29) is 6.61 Å². The van der Waals surface area contributed by atoms with Crippen molar-refractivity contribution in [3.05, 3.63) is 85.8 Å². The van der Waals surface area contributed by atoms with Crippen molar-refractivity contribution in [2.24, 2.45) is 0 Å². The lowest BCUT2D eigenvalue weighted by molar-refractivity contribution is 0.284. The fourth-order valence-electron chi connectivity index (χ4n) is 3.14. The SMILES string of the molecule is COc1cc(CNn2c(-c3ccncc3)n[nH]c2=S)cc(Cl)c1OCc1c(Cl)cccc1Cl. The zero-order valence-corrected chi connectivity index (χ0v) is 20.4. The first kappa shape index (κ1) is 23.4. The van der Waals surface area contributed by atoms with Crippen molar-refractivity contribution in [2.75, 3.05) is 12.5 Å². The molecule has 0 radical (unpaired) electrons. The van der Waals surface area contributed by atoms with Gasteiger partial charge < -0.3 is 14.9 Å². The van der Waals surface area contributed by atoms with Gasteiger partial charge in [-0.2, -0.15) is 5.10 Å². The number of methoxy groups -OCH3 is 1. The summed E-state index contributed by atoms with van der Waals surface area (Å²) in [5.41, 5.74) is 5.64. The number of pyridine rings is 1. The van der Waals surface area contributed by atoms with Crippen LogP contribution in [0.15, 0.2) is 54.9 Å². The van der Waals surface area contributed by atoms with Crippen molar-refractivity contribution in [1.82, 2.24) is 19.9 Å². The van der Waals surface area contributed by atoms with Crippen LogP contribution >= 0.6 is 47.0 Å². The minimum Gasteiger partial charge on any atom is -0.493 e. The first-order valence-corrected chi connectivity index (χ1v) is 11.3. The van der Waals surface area contributed by atoms with Gasteiger partial charge in [-0.3, -0.25) is 4.98 Å². The molecule has 11 heteroatoms. The number of aromatic nitrogens is 4. The molecule has 0 amide bonds. The number of halogens is 3. The maximum atomic E-state index is 6.53. The van der Waals surface area contributed by atoms with Crippen molar-refractivity contribution in [3.8, 4) is 22.9 Å². The van der Waals surface area contributed by atoms with Crippen molar-refractivity contribution in [1.29, 1.82) is 0 Å². The molecule has 4 rings (SSSR count). The van der Waals surface area contributed by atoms with E-state index in [4.69, 9.17) is 56.5 Å². The summed E-state index contributed by atoms with van der Waals surface area (Å²) in [6.45, 7) is 0.546. The molecule has 170 valence electrons. The third-order valence-electron chi connectivity index (χ3n) is 4.76. The lowest BCUT2D eigenvalue weighted by atomic mass is 10.2. The van der Waals surface area contributed by atoms with E-state index in [0.717, 1.165) is 11.1 Å². The fourth-order valence-corrected chi connectivity index (χ4v) is 4.13. The van der Waals surface area contributed by atoms with Crippen LogP contribution < -0.4 is 14.9 Å². The molecule has 0 aliphatic rings. The number of rotatable bonds is 8. The Labute approximate surface area is 210 Å². The molecule has 0 bridgehead atoms. The Morgan fingerprint density at radius 3 is 2.48 bits per heavy atom. The lowest BCUT2D eigenvalue weighted by Crippen LogP contribution is -2.16. The van der Waals surface area contributed by atoms with E-state index in [9.17, 15) is 0 Å². The van der Waals surface area contributed by atoms with Crippen LogP contribution in [0.3, 0.4) is 0 Å². The van der Waals surface area contributed by atoms with E-state index in [1.807, 2.05) is 18.2 Å². The second-order valence-electron chi connectivity index (χ2n) is 6.86. The number of H-pyrrole nitrogens is 1. The predicted octanol–water partition coefficient (Wildman–Crippen LogP) is 6.29. The number of ether oxygens (including phenoxy) is 2. The summed E-state index contributed by atoms with van der Waals surface area (Å²) in [6.07, 6.45) is 3.38. The third kappa shape index (κ3) is 5.25. The van der Waals surface area contributed by atoms with Gasteiger partial charge in [0.2, 0.25) is 4.77 Å². The second-order valence-corrected chi connectivity index (χ2v) is 8.46. The molecule has 2 heterocycles. The van der Waals surface area contributed by atoms with Crippen LogP contribution in [0.2, 0.25) is 15.1 Å². The Kier molecular flexibility index (Phi) is 7.39. The standard InChI is InChI=1S/C22H18Cl3N5O2S/c1-31-19-10-13(9-18(25)20(19)32-12-15-16(23)3-2-4-17(15)24)11-27-30-21(28-29-22(30)33)14-5-7-26-8-6-14/h2-10,27H,11-12H2,1H3,(H,29,33). The van der Waals surface area contributed by atoms with Gasteiger partial charge in [0.1, 0.15) is 6.61 Å². The van der Waals surface area contributed by atoms with Crippen LogP contribution in [-0.2, 0) is 13.2 Å². The Bertz CT molecular complexity index is 1310. The quantitative estimate of drug-likeness (QED) is 0.265. The molecule has 0 fully saturated rings. The van der Waals surface area contributed by atoms with Crippen molar-refractivity contribution in [2.45, 2.75) is 13.2 Å². The minimum absolute atomic E-state index is 0.145. The zero-order chi connectivity index (χ0) is 23.4. The highest BCUT2D eigenvalue weighted by Gasteiger charge is 2.15. The summed E-state index contributed by atoms with van der Waals surface area (Å²) in [7, 11) is 1.55. The van der Waals surface area contributed by atoms with Crippen molar-refractivity contribution >= 4 is 47.0 Å². The minimum atomic E-state index is 0.145. The van der Waals surface area contributed by atoms with E-state index in [1.54, 1.807) is 48.4 Å². The summed E-state index contributed by atoms with van der Waals surface area (Å²) in [5.74, 6) is 1.51. The highest BCUT2D eigenvalue weighted by atomic mass is 35.5. The fraction of sp³-hybridized carbons (Fsp3) is 0.136. The molecular formula is C22H18Cl3N5O2S. The lowest BCUT2D eigenvalue weighted by Gasteiger charge is -2.16. The second kappa shape index (κ2) is 10.4. The van der Waals surface area contributed by atoms with Gasteiger partial charge in [-0.1, -0.05) is 40.9 Å². The summed E-state index contributed by atoms with van der Waals surface area (Å²) in [5, 5.41) is 8.51. The van der Waals surface area contributed by atoms with E-state index >= 15 is 0 Å². The van der Waals surface area contributed by atoms with Gasteiger partial charge in [0.25, 0.3) is 0 Å². The largest absolute Gasteiger partial charge is 0.493 e. The summed E-state index contributed by atoms with van der Waals surface area (Å²) >= 11 is 24.4. The van der Waals surface area contributed by atoms with Crippen molar-refractivity contribution in [3.63, 3.8) is 0 Å².